The number of para-hydroxylation sites is 2. The van der Waals surface area contributed by atoms with E-state index in [4.69, 9.17) is 9.26 Å². The summed E-state index contributed by atoms with van der Waals surface area (Å²) < 4.78 is 10.3. The summed E-state index contributed by atoms with van der Waals surface area (Å²) in [6.07, 6.45) is 0. The lowest BCUT2D eigenvalue weighted by atomic mass is 10.1. The zero-order valence-corrected chi connectivity index (χ0v) is 13.9. The fourth-order valence-electron chi connectivity index (χ4n) is 2.78. The van der Waals surface area contributed by atoms with Gasteiger partial charge >= 0.3 is 0 Å². The molecule has 3 rings (SSSR count). The van der Waals surface area contributed by atoms with Crippen LogP contribution in [0.3, 0.4) is 0 Å². The zero-order valence-electron chi connectivity index (χ0n) is 13.9. The number of carbonyl (C=O) groups is 2. The van der Waals surface area contributed by atoms with Gasteiger partial charge in [0.2, 0.25) is 11.7 Å². The number of benzene rings is 1. The summed E-state index contributed by atoms with van der Waals surface area (Å²) >= 11 is 0. The Balaban J connectivity index is 2.00. The zero-order chi connectivity index (χ0) is 17.3. The molecule has 126 valence electrons. The molecule has 7 nitrogen and oxygen atoms in total. The van der Waals surface area contributed by atoms with Gasteiger partial charge in [-0.05, 0) is 24.2 Å². The van der Waals surface area contributed by atoms with Crippen LogP contribution in [0.5, 0.6) is 5.88 Å². The smallest absolute Gasteiger partial charge is 0.297 e. The Kier molecular flexibility index (Phi) is 4.24. The third kappa shape index (κ3) is 2.73. The van der Waals surface area contributed by atoms with Crippen LogP contribution in [0.1, 0.15) is 24.4 Å². The Morgan fingerprint density at radius 1 is 1.38 bits per heavy atom. The maximum Gasteiger partial charge on any atom is 0.297 e. The number of carbonyl (C=O) groups excluding carboxylic acids is 2. The summed E-state index contributed by atoms with van der Waals surface area (Å²) in [5.41, 5.74) is 1.35. The molecule has 1 aliphatic heterocycles. The number of anilines is 2. The fraction of sp³-hybridized carbons (Fsp3) is 0.353. The Labute approximate surface area is 139 Å². The highest BCUT2D eigenvalue weighted by molar-refractivity contribution is 6.10. The second kappa shape index (κ2) is 6.35. The molecule has 0 saturated carbocycles. The van der Waals surface area contributed by atoms with E-state index in [0.717, 1.165) is 0 Å². The minimum atomic E-state index is -0.351. The van der Waals surface area contributed by atoms with Crippen LogP contribution < -0.4 is 14.5 Å². The topological polar surface area (TPSA) is 75.9 Å². The summed E-state index contributed by atoms with van der Waals surface area (Å²) in [7, 11) is 1.72. The van der Waals surface area contributed by atoms with Crippen LogP contribution in [-0.4, -0.2) is 37.2 Å². The van der Waals surface area contributed by atoms with Gasteiger partial charge < -0.3 is 19.1 Å². The van der Waals surface area contributed by atoms with Crippen molar-refractivity contribution in [3.63, 3.8) is 0 Å². The van der Waals surface area contributed by atoms with Crippen LogP contribution in [-0.2, 0) is 4.79 Å². The largest absolute Gasteiger partial charge is 0.476 e. The lowest BCUT2D eigenvalue weighted by Gasteiger charge is -2.22. The molecule has 2 heterocycles. The van der Waals surface area contributed by atoms with Gasteiger partial charge in [-0.15, -0.1) is 0 Å². The number of aromatic nitrogens is 1. The SMILES string of the molecule is CCOc1cc(C(=O)N2CC(C)C(=O)N(C)c3ccccc32)on1. The molecule has 0 fully saturated rings. The van der Waals surface area contributed by atoms with Crippen LogP contribution in [0.25, 0.3) is 0 Å². The molecule has 0 N–H and O–H groups in total. The Hall–Kier alpha value is -2.83. The summed E-state index contributed by atoms with van der Waals surface area (Å²) in [5.74, 6) is -0.371. The molecule has 0 radical (unpaired) electrons. The molecular weight excluding hydrogens is 310 g/mol. The van der Waals surface area contributed by atoms with Crippen molar-refractivity contribution in [2.24, 2.45) is 5.92 Å². The second-order valence-electron chi connectivity index (χ2n) is 5.67. The molecule has 1 aliphatic rings. The average molecular weight is 329 g/mol. The van der Waals surface area contributed by atoms with Gasteiger partial charge in [0.25, 0.3) is 11.8 Å². The van der Waals surface area contributed by atoms with Crippen LogP contribution in [0, 0.1) is 5.92 Å². The first kappa shape index (κ1) is 16.0. The summed E-state index contributed by atoms with van der Waals surface area (Å²) in [4.78, 5) is 28.5. The maximum absolute atomic E-state index is 12.9. The number of nitrogens with zero attached hydrogens (tertiary/aromatic N) is 3. The van der Waals surface area contributed by atoms with Gasteiger partial charge in [0.05, 0.1) is 30.0 Å². The molecule has 2 amide bonds. The van der Waals surface area contributed by atoms with Gasteiger partial charge in [0.15, 0.2) is 0 Å². The van der Waals surface area contributed by atoms with Gasteiger partial charge in [-0.3, -0.25) is 9.59 Å². The molecule has 1 aromatic heterocycles. The van der Waals surface area contributed by atoms with Gasteiger partial charge in [0.1, 0.15) is 0 Å². The molecular formula is C17H19N3O4. The Bertz CT molecular complexity index is 771. The summed E-state index contributed by atoms with van der Waals surface area (Å²) in [6, 6.07) is 8.77. The summed E-state index contributed by atoms with van der Waals surface area (Å²) in [5, 5.41) is 3.73. The standard InChI is InChI=1S/C17H19N3O4/c1-4-23-15-9-14(24-18-15)17(22)20-10-11(2)16(21)19(3)12-7-5-6-8-13(12)20/h5-9,11H,4,10H2,1-3H3. The minimum Gasteiger partial charge on any atom is -0.476 e. The molecule has 0 aliphatic carbocycles. The quantitative estimate of drug-likeness (QED) is 0.864. The second-order valence-corrected chi connectivity index (χ2v) is 5.67. The van der Waals surface area contributed by atoms with Gasteiger partial charge in [-0.25, -0.2) is 0 Å². The number of fused-ring (bicyclic) bond motifs is 1. The van der Waals surface area contributed by atoms with Gasteiger partial charge in [0, 0.05) is 13.6 Å². The van der Waals surface area contributed by atoms with E-state index < -0.39 is 0 Å². The van der Waals surface area contributed by atoms with Gasteiger partial charge in [-0.2, -0.15) is 0 Å². The predicted octanol–water partition coefficient (Wildman–Crippen LogP) is 2.33. The van der Waals surface area contributed by atoms with E-state index in [1.807, 2.05) is 31.2 Å². The highest BCUT2D eigenvalue weighted by atomic mass is 16.5. The average Bonchev–Trinajstić information content (AvgIpc) is 3.03. The fourth-order valence-corrected chi connectivity index (χ4v) is 2.78. The van der Waals surface area contributed by atoms with Crippen molar-refractivity contribution in [2.75, 3.05) is 30.0 Å². The van der Waals surface area contributed by atoms with E-state index in [-0.39, 0.29) is 35.9 Å². The number of amides is 2. The van der Waals surface area contributed by atoms with Crippen molar-refractivity contribution in [3.8, 4) is 5.88 Å². The van der Waals surface area contributed by atoms with E-state index in [0.29, 0.717) is 18.0 Å². The molecule has 24 heavy (non-hydrogen) atoms. The van der Waals surface area contributed by atoms with Crippen molar-refractivity contribution in [1.29, 1.82) is 0 Å². The van der Waals surface area contributed by atoms with E-state index in [9.17, 15) is 9.59 Å². The Morgan fingerprint density at radius 2 is 2.08 bits per heavy atom. The van der Waals surface area contributed by atoms with E-state index in [1.165, 1.54) is 6.07 Å². The molecule has 7 heteroatoms. The highest BCUT2D eigenvalue weighted by Gasteiger charge is 2.33. The maximum atomic E-state index is 12.9. The van der Waals surface area contributed by atoms with Crippen molar-refractivity contribution < 1.29 is 18.8 Å². The number of ether oxygens (including phenoxy) is 1. The molecule has 0 saturated heterocycles. The molecule has 1 aromatic carbocycles. The first-order chi connectivity index (χ1) is 11.5. The van der Waals surface area contributed by atoms with Crippen molar-refractivity contribution >= 4 is 23.2 Å². The van der Waals surface area contributed by atoms with Crippen LogP contribution in [0.2, 0.25) is 0 Å². The molecule has 2 aromatic rings. The van der Waals surface area contributed by atoms with E-state index in [2.05, 4.69) is 5.16 Å². The number of hydrogen-bond donors (Lipinski definition) is 0. The first-order valence-corrected chi connectivity index (χ1v) is 7.81. The van der Waals surface area contributed by atoms with E-state index in [1.54, 1.807) is 23.8 Å². The summed E-state index contributed by atoms with van der Waals surface area (Å²) in [6.45, 7) is 4.33. The first-order valence-electron chi connectivity index (χ1n) is 7.81. The molecule has 0 spiro atoms. The van der Waals surface area contributed by atoms with Crippen molar-refractivity contribution in [3.05, 3.63) is 36.1 Å². The molecule has 0 bridgehead atoms. The van der Waals surface area contributed by atoms with E-state index >= 15 is 0 Å². The van der Waals surface area contributed by atoms with Crippen LogP contribution in [0.15, 0.2) is 34.9 Å². The van der Waals surface area contributed by atoms with Crippen LogP contribution >= 0.6 is 0 Å². The third-order valence-electron chi connectivity index (χ3n) is 3.98. The lowest BCUT2D eigenvalue weighted by molar-refractivity contribution is -0.121. The van der Waals surface area contributed by atoms with Crippen molar-refractivity contribution in [2.45, 2.75) is 13.8 Å². The number of hydrogen-bond acceptors (Lipinski definition) is 5. The van der Waals surface area contributed by atoms with Crippen LogP contribution in [0.4, 0.5) is 11.4 Å². The van der Waals surface area contributed by atoms with Crippen molar-refractivity contribution in [1.82, 2.24) is 5.16 Å². The number of rotatable bonds is 3. The highest BCUT2D eigenvalue weighted by Crippen LogP contribution is 2.34. The monoisotopic (exact) mass is 329 g/mol. The lowest BCUT2D eigenvalue weighted by Crippen LogP contribution is -2.37. The van der Waals surface area contributed by atoms with Gasteiger partial charge in [-0.1, -0.05) is 19.1 Å². The molecule has 1 atom stereocenters. The third-order valence-corrected chi connectivity index (χ3v) is 3.98. The minimum absolute atomic E-state index is 0.0367. The molecule has 1 unspecified atom stereocenters. The normalized spacial score (nSPS) is 17.5. The Morgan fingerprint density at radius 3 is 2.79 bits per heavy atom. The predicted molar refractivity (Wildman–Crippen MR) is 88.4 cm³/mol.